The molecule has 0 bridgehead atoms. The zero-order chi connectivity index (χ0) is 15.0. The molecule has 0 aliphatic carbocycles. The van der Waals surface area contributed by atoms with Crippen molar-refractivity contribution in [1.82, 2.24) is 9.55 Å². The normalized spacial score (nSPS) is 12.8. The molecule has 0 spiro atoms. The van der Waals surface area contributed by atoms with E-state index in [-0.39, 0.29) is 6.04 Å². The molecule has 1 atom stereocenters. The quantitative estimate of drug-likeness (QED) is 0.795. The largest absolute Gasteiger partial charge is 0.326 e. The molecule has 0 aliphatic heterocycles. The van der Waals surface area contributed by atoms with Crippen molar-refractivity contribution in [2.45, 2.75) is 33.4 Å². The Labute approximate surface area is 125 Å². The number of hydrogen-bond acceptors (Lipinski definition) is 2. The van der Waals surface area contributed by atoms with Gasteiger partial charge in [0.25, 0.3) is 0 Å². The molecule has 3 heteroatoms. The Kier molecular flexibility index (Phi) is 3.52. The van der Waals surface area contributed by atoms with E-state index in [9.17, 15) is 0 Å². The van der Waals surface area contributed by atoms with E-state index in [4.69, 9.17) is 5.73 Å². The number of aromatic nitrogens is 2. The van der Waals surface area contributed by atoms with E-state index in [1.807, 2.05) is 25.1 Å². The number of benzene rings is 2. The van der Waals surface area contributed by atoms with Gasteiger partial charge >= 0.3 is 0 Å². The van der Waals surface area contributed by atoms with Crippen molar-refractivity contribution in [3.8, 4) is 0 Å². The highest BCUT2D eigenvalue weighted by Crippen LogP contribution is 2.21. The highest BCUT2D eigenvalue weighted by atomic mass is 15.1. The fourth-order valence-corrected chi connectivity index (χ4v) is 2.72. The zero-order valence-corrected chi connectivity index (χ0v) is 12.8. The molecular formula is C18H21N3. The molecule has 0 fully saturated rings. The summed E-state index contributed by atoms with van der Waals surface area (Å²) in [6.45, 7) is 7.03. The Morgan fingerprint density at radius 1 is 1.05 bits per heavy atom. The predicted octanol–water partition coefficient (Wildman–Crippen LogP) is 3.66. The van der Waals surface area contributed by atoms with Crippen molar-refractivity contribution in [2.24, 2.45) is 5.73 Å². The lowest BCUT2D eigenvalue weighted by molar-refractivity contribution is 0.576. The summed E-state index contributed by atoms with van der Waals surface area (Å²) in [7, 11) is 0. The maximum Gasteiger partial charge on any atom is 0.106 e. The van der Waals surface area contributed by atoms with Crippen molar-refractivity contribution in [3.05, 3.63) is 65.0 Å². The first-order valence-electron chi connectivity index (χ1n) is 7.31. The van der Waals surface area contributed by atoms with Crippen LogP contribution in [-0.4, -0.2) is 9.55 Å². The van der Waals surface area contributed by atoms with Gasteiger partial charge in [0.2, 0.25) is 0 Å². The summed E-state index contributed by atoms with van der Waals surface area (Å²) >= 11 is 0. The summed E-state index contributed by atoms with van der Waals surface area (Å²) in [5.74, 6) is 1.01. The monoisotopic (exact) mass is 279 g/mol. The van der Waals surface area contributed by atoms with Gasteiger partial charge in [0.15, 0.2) is 0 Å². The highest BCUT2D eigenvalue weighted by Gasteiger charge is 2.12. The van der Waals surface area contributed by atoms with Crippen LogP contribution in [0, 0.1) is 20.8 Å². The van der Waals surface area contributed by atoms with Gasteiger partial charge in [-0.3, -0.25) is 0 Å². The number of para-hydroxylation sites is 2. The van der Waals surface area contributed by atoms with Crippen LogP contribution in [0.1, 0.15) is 28.6 Å². The standard InChI is InChI=1S/C18H21N3/c1-12-8-9-15(10-13(12)2)16(19)11-21-14(3)20-17-6-4-5-7-18(17)21/h4-10,16H,11,19H2,1-3H3. The molecule has 0 amide bonds. The smallest absolute Gasteiger partial charge is 0.106 e. The molecular weight excluding hydrogens is 258 g/mol. The lowest BCUT2D eigenvalue weighted by Gasteiger charge is -2.16. The van der Waals surface area contributed by atoms with Crippen LogP contribution in [0.3, 0.4) is 0 Å². The van der Waals surface area contributed by atoms with Gasteiger partial charge in [-0.1, -0.05) is 30.3 Å². The van der Waals surface area contributed by atoms with Crippen LogP contribution in [0.5, 0.6) is 0 Å². The first-order valence-corrected chi connectivity index (χ1v) is 7.31. The second-order valence-electron chi connectivity index (χ2n) is 5.71. The van der Waals surface area contributed by atoms with Crippen LogP contribution in [-0.2, 0) is 6.54 Å². The van der Waals surface area contributed by atoms with E-state index in [0.717, 1.165) is 23.4 Å². The topological polar surface area (TPSA) is 43.8 Å². The molecule has 1 aromatic heterocycles. The van der Waals surface area contributed by atoms with E-state index < -0.39 is 0 Å². The van der Waals surface area contributed by atoms with Crippen molar-refractivity contribution >= 4 is 11.0 Å². The fraction of sp³-hybridized carbons (Fsp3) is 0.278. The maximum atomic E-state index is 6.42. The molecule has 3 nitrogen and oxygen atoms in total. The van der Waals surface area contributed by atoms with Crippen molar-refractivity contribution < 1.29 is 0 Å². The summed E-state index contributed by atoms with van der Waals surface area (Å²) < 4.78 is 2.20. The summed E-state index contributed by atoms with van der Waals surface area (Å²) in [5, 5.41) is 0. The second-order valence-corrected chi connectivity index (χ2v) is 5.71. The number of rotatable bonds is 3. The molecule has 1 heterocycles. The molecule has 0 radical (unpaired) electrons. The summed E-state index contributed by atoms with van der Waals surface area (Å²) in [6.07, 6.45) is 0. The molecule has 3 aromatic rings. The number of nitrogens with two attached hydrogens (primary N) is 1. The molecule has 0 saturated carbocycles. The van der Waals surface area contributed by atoms with Gasteiger partial charge in [-0.05, 0) is 49.6 Å². The van der Waals surface area contributed by atoms with Gasteiger partial charge in [-0.15, -0.1) is 0 Å². The number of hydrogen-bond donors (Lipinski definition) is 1. The molecule has 0 saturated heterocycles. The lowest BCUT2D eigenvalue weighted by atomic mass is 10.0. The molecule has 0 aliphatic rings. The molecule has 108 valence electrons. The summed E-state index contributed by atoms with van der Waals surface area (Å²) in [5.41, 5.74) is 12.4. The van der Waals surface area contributed by atoms with Crippen LogP contribution in [0.15, 0.2) is 42.5 Å². The maximum absolute atomic E-state index is 6.42. The fourth-order valence-electron chi connectivity index (χ4n) is 2.72. The van der Waals surface area contributed by atoms with E-state index in [2.05, 4.69) is 47.7 Å². The second kappa shape index (κ2) is 5.34. The lowest BCUT2D eigenvalue weighted by Crippen LogP contribution is -2.18. The van der Waals surface area contributed by atoms with Gasteiger partial charge < -0.3 is 10.3 Å². The van der Waals surface area contributed by atoms with E-state index in [1.54, 1.807) is 0 Å². The minimum Gasteiger partial charge on any atom is -0.326 e. The zero-order valence-electron chi connectivity index (χ0n) is 12.8. The van der Waals surface area contributed by atoms with Crippen molar-refractivity contribution in [3.63, 3.8) is 0 Å². The SMILES string of the molecule is Cc1ccc(C(N)Cn2c(C)nc3ccccc32)cc1C. The molecule has 1 unspecified atom stereocenters. The van der Waals surface area contributed by atoms with Crippen LogP contribution in [0.4, 0.5) is 0 Å². The summed E-state index contributed by atoms with van der Waals surface area (Å²) in [4.78, 5) is 4.60. The van der Waals surface area contributed by atoms with Gasteiger partial charge in [-0.2, -0.15) is 0 Å². The Morgan fingerprint density at radius 2 is 1.81 bits per heavy atom. The van der Waals surface area contributed by atoms with Crippen molar-refractivity contribution in [2.75, 3.05) is 0 Å². The molecule has 3 rings (SSSR count). The number of aryl methyl sites for hydroxylation is 3. The predicted molar refractivity (Wildman–Crippen MR) is 87.3 cm³/mol. The van der Waals surface area contributed by atoms with Gasteiger partial charge in [-0.25, -0.2) is 4.98 Å². The van der Waals surface area contributed by atoms with Crippen LogP contribution in [0.25, 0.3) is 11.0 Å². The Balaban J connectivity index is 1.94. The number of nitrogens with zero attached hydrogens (tertiary/aromatic N) is 2. The average Bonchev–Trinajstić information content (AvgIpc) is 2.78. The van der Waals surface area contributed by atoms with Crippen LogP contribution in [0.2, 0.25) is 0 Å². The number of imidazole rings is 1. The minimum atomic E-state index is -0.0272. The van der Waals surface area contributed by atoms with Gasteiger partial charge in [0.1, 0.15) is 5.82 Å². The van der Waals surface area contributed by atoms with Gasteiger partial charge in [0, 0.05) is 12.6 Å². The van der Waals surface area contributed by atoms with Crippen LogP contribution < -0.4 is 5.73 Å². The minimum absolute atomic E-state index is 0.0272. The number of fused-ring (bicyclic) bond motifs is 1. The third-order valence-electron chi connectivity index (χ3n) is 4.18. The summed E-state index contributed by atoms with van der Waals surface area (Å²) in [6, 6.07) is 14.6. The Bertz CT molecular complexity index is 786. The third-order valence-corrected chi connectivity index (χ3v) is 4.18. The van der Waals surface area contributed by atoms with E-state index in [1.165, 1.54) is 16.7 Å². The molecule has 2 aromatic carbocycles. The first kappa shape index (κ1) is 13.8. The first-order chi connectivity index (χ1) is 10.1. The Hall–Kier alpha value is -2.13. The van der Waals surface area contributed by atoms with E-state index >= 15 is 0 Å². The molecule has 2 N–H and O–H groups in total. The molecule has 21 heavy (non-hydrogen) atoms. The third kappa shape index (κ3) is 2.57. The average molecular weight is 279 g/mol. The Morgan fingerprint density at radius 3 is 2.57 bits per heavy atom. The van der Waals surface area contributed by atoms with Gasteiger partial charge in [0.05, 0.1) is 11.0 Å². The van der Waals surface area contributed by atoms with Crippen LogP contribution >= 0.6 is 0 Å². The highest BCUT2D eigenvalue weighted by molar-refractivity contribution is 5.75. The van der Waals surface area contributed by atoms with E-state index in [0.29, 0.717) is 0 Å². The van der Waals surface area contributed by atoms with Crippen molar-refractivity contribution in [1.29, 1.82) is 0 Å².